The topological polar surface area (TPSA) is 6.48 Å². The average Bonchev–Trinajstić information content (AvgIpc) is 3.07. The van der Waals surface area contributed by atoms with Gasteiger partial charge in [-0.25, -0.2) is 0 Å². The molecule has 2 aliphatic heterocycles. The van der Waals surface area contributed by atoms with E-state index in [1.54, 1.807) is 0 Å². The van der Waals surface area contributed by atoms with Crippen LogP contribution in [-0.2, 0) is 6.54 Å². The second-order valence-electron chi connectivity index (χ2n) is 10.4. The molecule has 2 aromatic carbocycles. The number of allylic oxidation sites excluding steroid dienone is 6. The van der Waals surface area contributed by atoms with Gasteiger partial charge >= 0.3 is 0 Å². The molecule has 0 radical (unpaired) electrons. The first kappa shape index (κ1) is 25.9. The molecule has 2 nitrogen and oxygen atoms in total. The molecule has 2 aromatic rings. The Hall–Kier alpha value is -2.13. The third-order valence-electron chi connectivity index (χ3n) is 7.97. The molecule has 2 fully saturated rings. The minimum absolute atomic E-state index is 0.656. The van der Waals surface area contributed by atoms with E-state index in [1.165, 1.54) is 50.1 Å². The van der Waals surface area contributed by atoms with Gasteiger partial charge in [0.25, 0.3) is 0 Å². The summed E-state index contributed by atoms with van der Waals surface area (Å²) in [6.07, 6.45) is 16.1. The van der Waals surface area contributed by atoms with Crippen LogP contribution in [-0.4, -0.2) is 42.0 Å². The highest BCUT2D eigenvalue weighted by molar-refractivity contribution is 6.31. The summed E-state index contributed by atoms with van der Waals surface area (Å²) in [6.45, 7) is 10.7. The van der Waals surface area contributed by atoms with Crippen LogP contribution in [0, 0.1) is 11.8 Å². The lowest BCUT2D eigenvalue weighted by molar-refractivity contribution is 0.109. The Morgan fingerprint density at radius 1 is 0.857 bits per heavy atom. The Labute approximate surface area is 218 Å². The molecule has 0 bridgehead atoms. The van der Waals surface area contributed by atoms with Crippen LogP contribution in [0.3, 0.4) is 0 Å². The number of hydrogen-bond acceptors (Lipinski definition) is 2. The molecule has 186 valence electrons. The van der Waals surface area contributed by atoms with E-state index in [9.17, 15) is 0 Å². The highest BCUT2D eigenvalue weighted by Gasteiger charge is 2.37. The Balaban J connectivity index is 0.000000356. The predicted molar refractivity (Wildman–Crippen MR) is 151 cm³/mol. The van der Waals surface area contributed by atoms with Crippen LogP contribution in [0.25, 0.3) is 0 Å². The van der Waals surface area contributed by atoms with Gasteiger partial charge in [0.1, 0.15) is 0 Å². The molecule has 3 aliphatic rings. The number of piperidine rings is 1. The first-order valence-corrected chi connectivity index (χ1v) is 13.7. The summed E-state index contributed by atoms with van der Waals surface area (Å²) in [7, 11) is 0. The zero-order valence-corrected chi connectivity index (χ0v) is 22.2. The van der Waals surface area contributed by atoms with E-state index in [2.05, 4.69) is 90.4 Å². The van der Waals surface area contributed by atoms with Crippen molar-refractivity contribution < 1.29 is 0 Å². The van der Waals surface area contributed by atoms with Crippen molar-refractivity contribution in [3.05, 3.63) is 107 Å². The van der Waals surface area contributed by atoms with Crippen molar-refractivity contribution in [2.75, 3.05) is 26.2 Å². The number of nitrogens with zero attached hydrogens (tertiary/aromatic N) is 2. The van der Waals surface area contributed by atoms with Crippen molar-refractivity contribution in [2.45, 2.75) is 51.6 Å². The Bertz CT molecular complexity index is 974. The smallest absolute Gasteiger partial charge is 0.0451 e. The van der Waals surface area contributed by atoms with Crippen LogP contribution in [0.1, 0.15) is 50.2 Å². The minimum atomic E-state index is 0.656. The Kier molecular flexibility index (Phi) is 9.83. The molecule has 0 amide bonds. The largest absolute Gasteiger partial charge is 0.300 e. The molecular weight excluding hydrogens is 448 g/mol. The summed E-state index contributed by atoms with van der Waals surface area (Å²) in [5, 5.41) is 0.898. The van der Waals surface area contributed by atoms with Crippen LogP contribution in [0.5, 0.6) is 0 Å². The van der Waals surface area contributed by atoms with Gasteiger partial charge in [-0.2, -0.15) is 0 Å². The number of rotatable bonds is 5. The van der Waals surface area contributed by atoms with Gasteiger partial charge in [-0.15, -0.1) is 0 Å². The normalized spacial score (nSPS) is 24.1. The number of halogens is 1. The summed E-state index contributed by atoms with van der Waals surface area (Å²) in [6, 6.07) is 20.0. The van der Waals surface area contributed by atoms with Gasteiger partial charge in [-0.1, -0.05) is 104 Å². The lowest BCUT2D eigenvalue weighted by Crippen LogP contribution is -2.45. The van der Waals surface area contributed by atoms with Crippen LogP contribution < -0.4 is 0 Å². The van der Waals surface area contributed by atoms with E-state index in [-0.39, 0.29) is 0 Å². The number of likely N-dealkylation sites (tertiary alicyclic amines) is 2. The summed E-state index contributed by atoms with van der Waals surface area (Å²) >= 11 is 6.39. The molecule has 2 saturated heterocycles. The molecule has 0 saturated carbocycles. The van der Waals surface area contributed by atoms with E-state index in [0.29, 0.717) is 6.04 Å². The van der Waals surface area contributed by atoms with Crippen LogP contribution in [0.4, 0.5) is 0 Å². The van der Waals surface area contributed by atoms with Crippen LogP contribution in [0.2, 0.25) is 5.02 Å². The molecule has 2 heterocycles. The second kappa shape index (κ2) is 13.3. The fourth-order valence-electron chi connectivity index (χ4n) is 5.88. The van der Waals surface area contributed by atoms with Crippen molar-refractivity contribution in [1.29, 1.82) is 0 Å². The van der Waals surface area contributed by atoms with Gasteiger partial charge in [0.15, 0.2) is 0 Å². The molecule has 35 heavy (non-hydrogen) atoms. The molecule has 5 rings (SSSR count). The van der Waals surface area contributed by atoms with E-state index < -0.39 is 0 Å². The maximum Gasteiger partial charge on any atom is 0.0451 e. The summed E-state index contributed by atoms with van der Waals surface area (Å²) < 4.78 is 0. The highest BCUT2D eigenvalue weighted by atomic mass is 35.5. The van der Waals surface area contributed by atoms with Gasteiger partial charge in [-0.3, -0.25) is 4.90 Å². The van der Waals surface area contributed by atoms with Crippen molar-refractivity contribution in [2.24, 2.45) is 11.8 Å². The average molecular weight is 489 g/mol. The first-order chi connectivity index (χ1) is 17.1. The van der Waals surface area contributed by atoms with Gasteiger partial charge in [-0.05, 0) is 74.2 Å². The maximum absolute atomic E-state index is 6.39. The SMILES string of the molecule is C1=CC=CCC=C1.CC1CN(Cc2ccccc2Cl)CC1C(C)N1CCC(c2ccccc2)CC1. The van der Waals surface area contributed by atoms with Crippen molar-refractivity contribution in [3.63, 3.8) is 0 Å². The number of hydrogen-bond donors (Lipinski definition) is 0. The maximum atomic E-state index is 6.39. The first-order valence-electron chi connectivity index (χ1n) is 13.3. The van der Waals surface area contributed by atoms with Crippen LogP contribution >= 0.6 is 11.6 Å². The lowest BCUT2D eigenvalue weighted by Gasteiger charge is -2.39. The highest BCUT2D eigenvalue weighted by Crippen LogP contribution is 2.34. The molecule has 3 heteroatoms. The Morgan fingerprint density at radius 2 is 1.51 bits per heavy atom. The summed E-state index contributed by atoms with van der Waals surface area (Å²) in [4.78, 5) is 5.35. The van der Waals surface area contributed by atoms with E-state index in [1.807, 2.05) is 24.3 Å². The molecule has 3 atom stereocenters. The Morgan fingerprint density at radius 3 is 2.20 bits per heavy atom. The van der Waals surface area contributed by atoms with Gasteiger partial charge in [0.2, 0.25) is 0 Å². The minimum Gasteiger partial charge on any atom is -0.300 e. The molecule has 0 spiro atoms. The van der Waals surface area contributed by atoms with E-state index in [4.69, 9.17) is 11.6 Å². The molecule has 3 unspecified atom stereocenters. The summed E-state index contributed by atoms with van der Waals surface area (Å²) in [5.74, 6) is 2.22. The molecular formula is C32H41ClN2. The molecule has 0 aromatic heterocycles. The zero-order valence-electron chi connectivity index (χ0n) is 21.4. The standard InChI is InChI=1S/C25H33ClN2.C7H8/c1-19-16-27(17-23-10-6-7-11-25(23)26)18-24(19)20(2)28-14-12-22(13-15-28)21-8-4-3-5-9-21;1-2-4-6-7-5-3-1/h3-11,19-20,22,24H,12-18H2,1-2H3;1-6H,7H2. The van der Waals surface area contributed by atoms with Crippen molar-refractivity contribution in [1.82, 2.24) is 9.80 Å². The third-order valence-corrected chi connectivity index (χ3v) is 8.34. The van der Waals surface area contributed by atoms with E-state index >= 15 is 0 Å². The second-order valence-corrected chi connectivity index (χ2v) is 10.8. The molecule has 0 N–H and O–H groups in total. The van der Waals surface area contributed by atoms with Crippen molar-refractivity contribution in [3.8, 4) is 0 Å². The van der Waals surface area contributed by atoms with Gasteiger partial charge < -0.3 is 4.90 Å². The lowest BCUT2D eigenvalue weighted by atomic mass is 9.85. The van der Waals surface area contributed by atoms with Crippen molar-refractivity contribution >= 4 is 11.6 Å². The number of benzene rings is 2. The van der Waals surface area contributed by atoms with E-state index in [0.717, 1.165) is 35.7 Å². The quantitative estimate of drug-likeness (QED) is 0.424. The fourth-order valence-corrected chi connectivity index (χ4v) is 6.07. The summed E-state index contributed by atoms with van der Waals surface area (Å²) in [5.41, 5.74) is 2.78. The predicted octanol–water partition coefficient (Wildman–Crippen LogP) is 7.73. The fraction of sp³-hybridized carbons (Fsp3) is 0.438. The zero-order chi connectivity index (χ0) is 24.5. The van der Waals surface area contributed by atoms with Gasteiger partial charge in [0, 0.05) is 30.7 Å². The van der Waals surface area contributed by atoms with Crippen LogP contribution in [0.15, 0.2) is 91.1 Å². The molecule has 1 aliphatic carbocycles. The van der Waals surface area contributed by atoms with Gasteiger partial charge in [0.05, 0.1) is 0 Å². The monoisotopic (exact) mass is 488 g/mol. The third kappa shape index (κ3) is 7.43.